The molecule has 2 rings (SSSR count). The van der Waals surface area contributed by atoms with Gasteiger partial charge in [-0.05, 0) is 12.1 Å². The van der Waals surface area contributed by atoms with Crippen LogP contribution < -0.4 is 0 Å². The van der Waals surface area contributed by atoms with Crippen LogP contribution in [0.3, 0.4) is 0 Å². The monoisotopic (exact) mass is 261 g/mol. The van der Waals surface area contributed by atoms with Gasteiger partial charge < -0.3 is 0 Å². The summed E-state index contributed by atoms with van der Waals surface area (Å²) in [6.45, 7) is -0.342. The highest BCUT2D eigenvalue weighted by Crippen LogP contribution is 2.17. The van der Waals surface area contributed by atoms with Gasteiger partial charge in [0, 0.05) is 12.6 Å². The van der Waals surface area contributed by atoms with E-state index in [0.717, 1.165) is 6.07 Å². The number of likely N-dealkylation sites (N-methyl/N-ethyl adjacent to an activating group) is 1. The van der Waals surface area contributed by atoms with Gasteiger partial charge in [-0.3, -0.25) is 19.4 Å². The van der Waals surface area contributed by atoms with Gasteiger partial charge in [-0.25, -0.2) is 9.18 Å². The minimum absolute atomic E-state index is 0.0591. The third kappa shape index (κ3) is 2.04. The van der Waals surface area contributed by atoms with Gasteiger partial charge in [0.15, 0.2) is 0 Å². The maximum Gasteiger partial charge on any atom is 0.334 e. The number of urea groups is 1. The lowest BCUT2D eigenvalue weighted by Gasteiger charge is -2.13. The number of nitrogens with zero attached hydrogens (tertiary/aromatic N) is 3. The Hall–Kier alpha value is -2.75. The van der Waals surface area contributed by atoms with Gasteiger partial charge in [0.2, 0.25) is 0 Å². The molecule has 1 fully saturated rings. The van der Waals surface area contributed by atoms with E-state index in [9.17, 15) is 18.8 Å². The van der Waals surface area contributed by atoms with Crippen molar-refractivity contribution < 1.29 is 18.8 Å². The van der Waals surface area contributed by atoms with E-state index in [1.54, 1.807) is 6.07 Å². The summed E-state index contributed by atoms with van der Waals surface area (Å²) < 4.78 is 13.6. The number of hydrogen-bond donors (Lipinski definition) is 0. The number of halogens is 1. The predicted octanol–water partition coefficient (Wildman–Crippen LogP) is 0.618. The minimum atomic E-state index is -0.990. The maximum absolute atomic E-state index is 13.6. The van der Waals surface area contributed by atoms with Crippen LogP contribution >= 0.6 is 0 Å². The number of hydrogen-bond acceptors (Lipinski definition) is 4. The molecule has 0 unspecified atom stereocenters. The molecule has 0 aromatic heterocycles. The lowest BCUT2D eigenvalue weighted by molar-refractivity contribution is -0.143. The Bertz CT molecular complexity index is 636. The second-order valence-corrected chi connectivity index (χ2v) is 3.96. The zero-order valence-corrected chi connectivity index (χ0v) is 9.88. The normalized spacial score (nSPS) is 15.1. The van der Waals surface area contributed by atoms with Crippen LogP contribution in [0.2, 0.25) is 0 Å². The number of benzene rings is 1. The SMILES string of the molecule is CN1C(=O)C(=O)N(Cc2ccc(C#N)cc2F)C1=O. The highest BCUT2D eigenvalue weighted by molar-refractivity contribution is 6.44. The second-order valence-electron chi connectivity index (χ2n) is 3.96. The van der Waals surface area contributed by atoms with Crippen LogP contribution in [0.25, 0.3) is 0 Å². The Balaban J connectivity index is 2.28. The zero-order chi connectivity index (χ0) is 14.2. The second kappa shape index (κ2) is 4.49. The van der Waals surface area contributed by atoms with Crippen molar-refractivity contribution in [2.75, 3.05) is 7.05 Å². The van der Waals surface area contributed by atoms with Gasteiger partial charge in [0.1, 0.15) is 5.82 Å². The fraction of sp³-hybridized carbons (Fsp3) is 0.167. The molecular formula is C12H8FN3O3. The Kier molecular flexibility index (Phi) is 3.00. The average Bonchev–Trinajstić information content (AvgIpc) is 2.58. The highest BCUT2D eigenvalue weighted by Gasteiger charge is 2.42. The van der Waals surface area contributed by atoms with Crippen LogP contribution in [-0.4, -0.2) is 34.7 Å². The van der Waals surface area contributed by atoms with E-state index < -0.39 is 23.7 Å². The Morgan fingerprint density at radius 2 is 1.95 bits per heavy atom. The molecule has 6 nitrogen and oxygen atoms in total. The summed E-state index contributed by atoms with van der Waals surface area (Å²) in [4.78, 5) is 35.7. The van der Waals surface area contributed by atoms with E-state index >= 15 is 0 Å². The van der Waals surface area contributed by atoms with Crippen LogP contribution in [-0.2, 0) is 16.1 Å². The maximum atomic E-state index is 13.6. The van der Waals surface area contributed by atoms with Crippen LogP contribution in [0.5, 0.6) is 0 Å². The molecule has 7 heteroatoms. The zero-order valence-electron chi connectivity index (χ0n) is 9.88. The Labute approximate surface area is 107 Å². The first-order chi connectivity index (χ1) is 8.95. The molecule has 0 radical (unpaired) electrons. The van der Waals surface area contributed by atoms with Gasteiger partial charge in [-0.15, -0.1) is 0 Å². The summed E-state index contributed by atoms with van der Waals surface area (Å²) in [6, 6.07) is 4.66. The molecule has 1 aliphatic heterocycles. The van der Waals surface area contributed by atoms with Gasteiger partial charge in [-0.1, -0.05) is 6.07 Å². The van der Waals surface area contributed by atoms with Crippen molar-refractivity contribution in [3.8, 4) is 6.07 Å². The van der Waals surface area contributed by atoms with E-state index in [0.29, 0.717) is 9.80 Å². The fourth-order valence-electron chi connectivity index (χ4n) is 1.67. The quantitative estimate of drug-likeness (QED) is 0.577. The Morgan fingerprint density at radius 3 is 2.42 bits per heavy atom. The van der Waals surface area contributed by atoms with Crippen molar-refractivity contribution in [2.45, 2.75) is 6.54 Å². The topological polar surface area (TPSA) is 81.5 Å². The largest absolute Gasteiger partial charge is 0.334 e. The number of carbonyl (C=O) groups is 3. The van der Waals surface area contributed by atoms with Crippen molar-refractivity contribution in [3.63, 3.8) is 0 Å². The molecule has 19 heavy (non-hydrogen) atoms. The number of rotatable bonds is 2. The van der Waals surface area contributed by atoms with Crippen LogP contribution in [0, 0.1) is 17.1 Å². The third-order valence-corrected chi connectivity index (χ3v) is 2.76. The number of imide groups is 2. The third-order valence-electron chi connectivity index (χ3n) is 2.76. The molecule has 1 heterocycles. The average molecular weight is 261 g/mol. The van der Waals surface area contributed by atoms with Crippen molar-refractivity contribution in [3.05, 3.63) is 35.1 Å². The fourth-order valence-corrected chi connectivity index (χ4v) is 1.67. The van der Waals surface area contributed by atoms with Gasteiger partial charge in [0.25, 0.3) is 0 Å². The standard InChI is InChI=1S/C12H8FN3O3/c1-15-10(17)11(18)16(12(15)19)6-8-3-2-7(5-14)4-9(8)13/h2-4H,6H2,1H3. The van der Waals surface area contributed by atoms with E-state index in [2.05, 4.69) is 0 Å². The van der Waals surface area contributed by atoms with Gasteiger partial charge >= 0.3 is 17.8 Å². The molecule has 0 atom stereocenters. The van der Waals surface area contributed by atoms with Crippen molar-refractivity contribution in [1.29, 1.82) is 5.26 Å². The molecule has 1 saturated heterocycles. The molecule has 0 bridgehead atoms. The number of nitriles is 1. The lowest BCUT2D eigenvalue weighted by atomic mass is 10.1. The number of amides is 4. The first-order valence-corrected chi connectivity index (χ1v) is 5.27. The molecule has 0 saturated carbocycles. The highest BCUT2D eigenvalue weighted by atomic mass is 19.1. The summed E-state index contributed by atoms with van der Waals surface area (Å²) in [5, 5.41) is 8.60. The smallest absolute Gasteiger partial charge is 0.263 e. The number of carbonyl (C=O) groups excluding carboxylic acids is 3. The summed E-state index contributed by atoms with van der Waals surface area (Å²) in [5.41, 5.74) is 0.192. The molecular weight excluding hydrogens is 253 g/mol. The van der Waals surface area contributed by atoms with E-state index in [-0.39, 0.29) is 17.7 Å². The first-order valence-electron chi connectivity index (χ1n) is 5.27. The van der Waals surface area contributed by atoms with Crippen molar-refractivity contribution >= 4 is 17.8 Å². The summed E-state index contributed by atoms with van der Waals surface area (Å²) in [6.07, 6.45) is 0. The van der Waals surface area contributed by atoms with Crippen molar-refractivity contribution in [2.24, 2.45) is 0 Å². The molecule has 96 valence electrons. The Morgan fingerprint density at radius 1 is 1.26 bits per heavy atom. The predicted molar refractivity (Wildman–Crippen MR) is 59.8 cm³/mol. The van der Waals surface area contributed by atoms with Crippen LogP contribution in [0.15, 0.2) is 18.2 Å². The van der Waals surface area contributed by atoms with Crippen molar-refractivity contribution in [1.82, 2.24) is 9.80 Å². The minimum Gasteiger partial charge on any atom is -0.263 e. The van der Waals surface area contributed by atoms with E-state index in [1.807, 2.05) is 0 Å². The van der Waals surface area contributed by atoms with Gasteiger partial charge in [-0.2, -0.15) is 5.26 Å². The molecule has 1 aromatic rings. The van der Waals surface area contributed by atoms with Crippen LogP contribution in [0.1, 0.15) is 11.1 Å². The molecule has 1 aliphatic rings. The summed E-state index contributed by atoms with van der Waals surface area (Å²) in [5.74, 6) is -2.64. The van der Waals surface area contributed by atoms with E-state index in [4.69, 9.17) is 5.26 Å². The molecule has 0 N–H and O–H groups in total. The molecule has 1 aromatic carbocycles. The lowest BCUT2D eigenvalue weighted by Crippen LogP contribution is -2.31. The van der Waals surface area contributed by atoms with Gasteiger partial charge in [0.05, 0.1) is 18.2 Å². The first kappa shape index (κ1) is 12.7. The summed E-state index contributed by atoms with van der Waals surface area (Å²) in [7, 11) is 1.18. The van der Waals surface area contributed by atoms with Crippen LogP contribution in [0.4, 0.5) is 9.18 Å². The molecule has 0 spiro atoms. The van der Waals surface area contributed by atoms with E-state index in [1.165, 1.54) is 19.2 Å². The molecule has 4 amide bonds. The summed E-state index contributed by atoms with van der Waals surface area (Å²) >= 11 is 0. The molecule has 0 aliphatic carbocycles.